The zero-order valence-corrected chi connectivity index (χ0v) is 14.4. The summed E-state index contributed by atoms with van der Waals surface area (Å²) in [7, 11) is 0. The number of hydrogen-bond acceptors (Lipinski definition) is 4. The molecule has 2 N–H and O–H groups in total. The third-order valence-electron chi connectivity index (χ3n) is 4.51. The first kappa shape index (κ1) is 17.1. The third kappa shape index (κ3) is 4.42. The summed E-state index contributed by atoms with van der Waals surface area (Å²) in [4.78, 5) is 13.5. The van der Waals surface area contributed by atoms with E-state index >= 15 is 0 Å². The van der Waals surface area contributed by atoms with Gasteiger partial charge in [0.05, 0.1) is 12.4 Å². The van der Waals surface area contributed by atoms with Crippen molar-refractivity contribution in [1.82, 2.24) is 5.32 Å². The Balaban J connectivity index is 1.49. The molecule has 128 valence electrons. The Kier molecular flexibility index (Phi) is 5.99. The van der Waals surface area contributed by atoms with Crippen LogP contribution in [-0.4, -0.2) is 23.7 Å². The summed E-state index contributed by atoms with van der Waals surface area (Å²) in [6, 6.07) is 12.0. The molecular weight excluding hydrogens is 322 g/mol. The number of furan rings is 1. The molecule has 3 rings (SSSR count). The third-order valence-corrected chi connectivity index (χ3v) is 5.57. The van der Waals surface area contributed by atoms with Gasteiger partial charge in [0.2, 0.25) is 0 Å². The van der Waals surface area contributed by atoms with E-state index < -0.39 is 0 Å². The molecule has 1 aromatic carbocycles. The first-order valence-corrected chi connectivity index (χ1v) is 9.43. The standard InChI is InChI=1S/C19H23NO3S/c21-17-8-4-5-14(17)9-11-20-19(22)18-15(10-12-23-18)13-24-16-6-2-1-3-7-16/h1-3,6-7,10,12,14,17,21H,4-5,8-9,11,13H2,(H,20,22)/t14-,17+/m0/s1. The Labute approximate surface area is 146 Å². The van der Waals surface area contributed by atoms with E-state index in [0.29, 0.717) is 24.0 Å². The van der Waals surface area contributed by atoms with Crippen LogP contribution in [0.15, 0.2) is 52.0 Å². The van der Waals surface area contributed by atoms with Crippen LogP contribution in [0.4, 0.5) is 0 Å². The van der Waals surface area contributed by atoms with E-state index in [1.165, 1.54) is 4.90 Å². The summed E-state index contributed by atoms with van der Waals surface area (Å²) >= 11 is 1.68. The molecule has 1 aliphatic rings. The van der Waals surface area contributed by atoms with Gasteiger partial charge in [-0.05, 0) is 43.4 Å². The molecule has 2 aromatic rings. The van der Waals surface area contributed by atoms with Gasteiger partial charge >= 0.3 is 0 Å². The smallest absolute Gasteiger partial charge is 0.287 e. The molecule has 1 saturated carbocycles. The molecule has 1 heterocycles. The molecule has 1 aromatic heterocycles. The molecular formula is C19H23NO3S. The number of benzene rings is 1. The van der Waals surface area contributed by atoms with E-state index in [-0.39, 0.29) is 12.0 Å². The van der Waals surface area contributed by atoms with Crippen molar-refractivity contribution in [2.45, 2.75) is 42.4 Å². The fourth-order valence-corrected chi connectivity index (χ4v) is 4.03. The average molecular weight is 345 g/mol. The summed E-state index contributed by atoms with van der Waals surface area (Å²) in [5, 5.41) is 12.7. The van der Waals surface area contributed by atoms with E-state index in [1.807, 2.05) is 24.3 Å². The number of aliphatic hydroxyl groups is 1. The van der Waals surface area contributed by atoms with Crippen molar-refractivity contribution in [2.75, 3.05) is 6.54 Å². The maximum atomic E-state index is 12.3. The molecule has 5 heteroatoms. The lowest BCUT2D eigenvalue weighted by atomic mass is 10.0. The van der Waals surface area contributed by atoms with E-state index in [0.717, 1.165) is 31.2 Å². The molecule has 1 fully saturated rings. The monoisotopic (exact) mass is 345 g/mol. The molecule has 4 nitrogen and oxygen atoms in total. The Morgan fingerprint density at radius 3 is 2.83 bits per heavy atom. The number of carbonyl (C=O) groups is 1. The molecule has 1 amide bonds. The largest absolute Gasteiger partial charge is 0.459 e. The van der Waals surface area contributed by atoms with Gasteiger partial charge in [-0.1, -0.05) is 24.6 Å². The highest BCUT2D eigenvalue weighted by atomic mass is 32.2. The van der Waals surface area contributed by atoms with Gasteiger partial charge in [-0.2, -0.15) is 0 Å². The number of hydrogen-bond donors (Lipinski definition) is 2. The number of nitrogens with one attached hydrogen (secondary N) is 1. The summed E-state index contributed by atoms with van der Waals surface area (Å²) in [6.45, 7) is 0.576. The summed E-state index contributed by atoms with van der Waals surface area (Å²) < 4.78 is 5.38. The van der Waals surface area contributed by atoms with Crippen LogP contribution in [-0.2, 0) is 5.75 Å². The summed E-state index contributed by atoms with van der Waals surface area (Å²) in [5.41, 5.74) is 0.905. The van der Waals surface area contributed by atoms with Crippen molar-refractivity contribution in [2.24, 2.45) is 5.92 Å². The molecule has 0 bridgehead atoms. The van der Waals surface area contributed by atoms with Gasteiger partial charge in [0, 0.05) is 22.8 Å². The Bertz CT molecular complexity index is 656. The maximum Gasteiger partial charge on any atom is 0.287 e. The first-order valence-electron chi connectivity index (χ1n) is 8.44. The van der Waals surface area contributed by atoms with E-state index in [2.05, 4.69) is 17.4 Å². The maximum absolute atomic E-state index is 12.3. The van der Waals surface area contributed by atoms with Crippen molar-refractivity contribution < 1.29 is 14.3 Å². The Morgan fingerprint density at radius 2 is 2.08 bits per heavy atom. The van der Waals surface area contributed by atoms with Crippen LogP contribution >= 0.6 is 11.8 Å². The first-order chi connectivity index (χ1) is 11.7. The van der Waals surface area contributed by atoms with E-state index in [4.69, 9.17) is 4.42 Å². The molecule has 0 aliphatic heterocycles. The van der Waals surface area contributed by atoms with Crippen molar-refractivity contribution >= 4 is 17.7 Å². The van der Waals surface area contributed by atoms with Crippen LogP contribution in [0.1, 0.15) is 41.8 Å². The summed E-state index contributed by atoms with van der Waals surface area (Å²) in [6.07, 6.45) is 5.20. The van der Waals surface area contributed by atoms with Gasteiger partial charge in [-0.3, -0.25) is 4.79 Å². The Hall–Kier alpha value is -1.72. The lowest BCUT2D eigenvalue weighted by molar-refractivity contribution is 0.0910. The van der Waals surface area contributed by atoms with Crippen LogP contribution in [0.5, 0.6) is 0 Å². The minimum absolute atomic E-state index is 0.170. The lowest BCUT2D eigenvalue weighted by Crippen LogP contribution is -2.27. The van der Waals surface area contributed by atoms with Gasteiger partial charge in [-0.25, -0.2) is 0 Å². The minimum atomic E-state index is -0.205. The van der Waals surface area contributed by atoms with Crippen molar-refractivity contribution in [3.63, 3.8) is 0 Å². The predicted molar refractivity (Wildman–Crippen MR) is 95.0 cm³/mol. The highest BCUT2D eigenvalue weighted by molar-refractivity contribution is 7.98. The highest BCUT2D eigenvalue weighted by Gasteiger charge is 2.25. The van der Waals surface area contributed by atoms with E-state index in [9.17, 15) is 9.90 Å². The lowest BCUT2D eigenvalue weighted by Gasteiger charge is -2.14. The van der Waals surface area contributed by atoms with Crippen molar-refractivity contribution in [1.29, 1.82) is 0 Å². The van der Waals surface area contributed by atoms with Gasteiger partial charge in [0.15, 0.2) is 5.76 Å². The zero-order valence-electron chi connectivity index (χ0n) is 13.6. The topological polar surface area (TPSA) is 62.5 Å². The minimum Gasteiger partial charge on any atom is -0.459 e. The van der Waals surface area contributed by atoms with Crippen molar-refractivity contribution in [3.8, 4) is 0 Å². The quantitative estimate of drug-likeness (QED) is 0.748. The van der Waals surface area contributed by atoms with Crippen LogP contribution in [0.2, 0.25) is 0 Å². The van der Waals surface area contributed by atoms with Gasteiger partial charge in [-0.15, -0.1) is 11.8 Å². The van der Waals surface area contributed by atoms with Crippen molar-refractivity contribution in [3.05, 3.63) is 54.0 Å². The van der Waals surface area contributed by atoms with Gasteiger partial charge < -0.3 is 14.8 Å². The number of amides is 1. The number of carbonyl (C=O) groups excluding carboxylic acids is 1. The second-order valence-electron chi connectivity index (χ2n) is 6.18. The molecule has 0 spiro atoms. The molecule has 0 saturated heterocycles. The second-order valence-corrected chi connectivity index (χ2v) is 7.23. The molecule has 1 aliphatic carbocycles. The fraction of sp³-hybridized carbons (Fsp3) is 0.421. The molecule has 0 radical (unpaired) electrons. The van der Waals surface area contributed by atoms with Gasteiger partial charge in [0.1, 0.15) is 0 Å². The highest BCUT2D eigenvalue weighted by Crippen LogP contribution is 2.28. The number of rotatable bonds is 7. The molecule has 2 atom stereocenters. The van der Waals surface area contributed by atoms with Crippen LogP contribution in [0.25, 0.3) is 0 Å². The van der Waals surface area contributed by atoms with Crippen LogP contribution < -0.4 is 5.32 Å². The van der Waals surface area contributed by atoms with Crippen LogP contribution in [0.3, 0.4) is 0 Å². The SMILES string of the molecule is O=C(NCC[C@@H]1CCC[C@H]1O)c1occc1CSc1ccccc1. The second kappa shape index (κ2) is 8.40. The molecule has 0 unspecified atom stereocenters. The normalized spacial score (nSPS) is 20.2. The van der Waals surface area contributed by atoms with E-state index in [1.54, 1.807) is 18.0 Å². The Morgan fingerprint density at radius 1 is 1.25 bits per heavy atom. The average Bonchev–Trinajstić information content (AvgIpc) is 3.23. The number of thioether (sulfide) groups is 1. The molecule has 24 heavy (non-hydrogen) atoms. The predicted octanol–water partition coefficient (Wildman–Crippen LogP) is 3.85. The number of aliphatic hydroxyl groups excluding tert-OH is 1. The summed E-state index contributed by atoms with van der Waals surface area (Å²) in [5.74, 6) is 1.24. The fourth-order valence-electron chi connectivity index (χ4n) is 3.13. The van der Waals surface area contributed by atoms with Crippen LogP contribution in [0, 0.1) is 5.92 Å². The zero-order chi connectivity index (χ0) is 16.8. The van der Waals surface area contributed by atoms with Gasteiger partial charge in [0.25, 0.3) is 5.91 Å².